The minimum absolute atomic E-state index is 0. The lowest BCUT2D eigenvalue weighted by Gasteiger charge is -2.21. The predicted octanol–water partition coefficient (Wildman–Crippen LogP) is 1.57. The van der Waals surface area contributed by atoms with Crippen LogP contribution >= 0.6 is 12.4 Å². The summed E-state index contributed by atoms with van der Waals surface area (Å²) in [6.07, 6.45) is 1.54. The molecule has 15 heavy (non-hydrogen) atoms. The van der Waals surface area contributed by atoms with E-state index in [9.17, 15) is 4.79 Å². The first-order chi connectivity index (χ1) is 6.74. The molecule has 0 spiro atoms. The quantitative estimate of drug-likeness (QED) is 0.793. The van der Waals surface area contributed by atoms with Gasteiger partial charge in [0.15, 0.2) is 5.78 Å². The Balaban J connectivity index is 0.00000112. The molecule has 0 radical (unpaired) electrons. The Kier molecular flexibility index (Phi) is 3.72. The number of carbonyl (C=O) groups is 1. The summed E-state index contributed by atoms with van der Waals surface area (Å²) in [6, 6.07) is 5.19. The molecule has 4 heteroatoms. The topological polar surface area (TPSA) is 52.3 Å². The van der Waals surface area contributed by atoms with Gasteiger partial charge in [0.25, 0.3) is 0 Å². The van der Waals surface area contributed by atoms with Crippen LogP contribution in [0.1, 0.15) is 22.3 Å². The van der Waals surface area contributed by atoms with Crippen molar-refractivity contribution in [3.63, 3.8) is 0 Å². The van der Waals surface area contributed by atoms with Crippen LogP contribution in [-0.4, -0.2) is 18.9 Å². The van der Waals surface area contributed by atoms with Gasteiger partial charge in [-0.2, -0.15) is 0 Å². The highest BCUT2D eigenvalue weighted by atomic mass is 35.5. The number of carbonyl (C=O) groups excluding carboxylic acids is 1. The van der Waals surface area contributed by atoms with Gasteiger partial charge in [0, 0.05) is 11.1 Å². The molecule has 1 aliphatic rings. The second-order valence-electron chi connectivity index (χ2n) is 3.50. The van der Waals surface area contributed by atoms with Crippen LogP contribution in [0.25, 0.3) is 0 Å². The van der Waals surface area contributed by atoms with Crippen LogP contribution in [0.5, 0.6) is 5.75 Å². The number of methoxy groups -OCH3 is 1. The summed E-state index contributed by atoms with van der Waals surface area (Å²) in [5, 5.41) is 0. The van der Waals surface area contributed by atoms with E-state index in [1.165, 1.54) is 0 Å². The number of nitrogens with two attached hydrogens (primary N) is 1. The third-order valence-corrected chi connectivity index (χ3v) is 2.66. The standard InChI is InChI=1S/C11H13NO2.ClH/c1-14-10-4-2-3-8-7(10)5-6-9(12)11(8)13;/h2-4,9H,5-6,12H2,1H3;1H. The fraction of sp³-hybridized carbons (Fsp3) is 0.364. The largest absolute Gasteiger partial charge is 0.496 e. The van der Waals surface area contributed by atoms with Gasteiger partial charge in [0.1, 0.15) is 5.75 Å². The van der Waals surface area contributed by atoms with E-state index in [-0.39, 0.29) is 24.2 Å². The van der Waals surface area contributed by atoms with Crippen molar-refractivity contribution in [3.8, 4) is 5.75 Å². The second kappa shape index (κ2) is 4.64. The fourth-order valence-corrected chi connectivity index (χ4v) is 1.88. The third kappa shape index (κ3) is 1.98. The zero-order chi connectivity index (χ0) is 10.1. The molecule has 0 aliphatic heterocycles. The van der Waals surface area contributed by atoms with Gasteiger partial charge in [-0.05, 0) is 18.9 Å². The third-order valence-electron chi connectivity index (χ3n) is 2.66. The SMILES string of the molecule is COc1cccc2c1CCC(N)C2=O.Cl. The predicted molar refractivity (Wildman–Crippen MR) is 60.9 cm³/mol. The molecule has 0 heterocycles. The van der Waals surface area contributed by atoms with Crippen LogP contribution in [-0.2, 0) is 6.42 Å². The van der Waals surface area contributed by atoms with Crippen LogP contribution in [0.2, 0.25) is 0 Å². The van der Waals surface area contributed by atoms with Crippen molar-refractivity contribution in [2.75, 3.05) is 7.11 Å². The molecule has 2 rings (SSSR count). The summed E-state index contributed by atoms with van der Waals surface area (Å²) in [5.41, 5.74) is 7.42. The molecule has 1 aromatic carbocycles. The Morgan fingerprint density at radius 2 is 2.20 bits per heavy atom. The average molecular weight is 228 g/mol. The van der Waals surface area contributed by atoms with E-state index in [1.807, 2.05) is 18.2 Å². The van der Waals surface area contributed by atoms with Gasteiger partial charge in [-0.15, -0.1) is 12.4 Å². The first-order valence-corrected chi connectivity index (χ1v) is 4.69. The lowest BCUT2D eigenvalue weighted by atomic mass is 9.87. The number of benzene rings is 1. The molecule has 1 unspecified atom stereocenters. The van der Waals surface area contributed by atoms with E-state index in [2.05, 4.69) is 0 Å². The van der Waals surface area contributed by atoms with Crippen molar-refractivity contribution < 1.29 is 9.53 Å². The molecule has 0 saturated heterocycles. The van der Waals surface area contributed by atoms with Crippen LogP contribution in [0.15, 0.2) is 18.2 Å². The molecule has 2 N–H and O–H groups in total. The molecule has 3 nitrogen and oxygen atoms in total. The monoisotopic (exact) mass is 227 g/mol. The Hall–Kier alpha value is -1.06. The molecule has 82 valence electrons. The van der Waals surface area contributed by atoms with Crippen LogP contribution < -0.4 is 10.5 Å². The van der Waals surface area contributed by atoms with E-state index < -0.39 is 0 Å². The lowest BCUT2D eigenvalue weighted by Crippen LogP contribution is -2.35. The van der Waals surface area contributed by atoms with E-state index in [0.717, 1.165) is 23.3 Å². The number of halogens is 1. The maximum absolute atomic E-state index is 11.7. The molecule has 0 saturated carbocycles. The first-order valence-electron chi connectivity index (χ1n) is 4.69. The van der Waals surface area contributed by atoms with E-state index >= 15 is 0 Å². The maximum Gasteiger partial charge on any atom is 0.179 e. The molecular weight excluding hydrogens is 214 g/mol. The molecule has 0 amide bonds. The smallest absolute Gasteiger partial charge is 0.179 e. The summed E-state index contributed by atoms with van der Waals surface area (Å²) < 4.78 is 5.20. The highest BCUT2D eigenvalue weighted by Crippen LogP contribution is 2.28. The van der Waals surface area contributed by atoms with Crippen molar-refractivity contribution in [2.45, 2.75) is 18.9 Å². The molecule has 1 atom stereocenters. The van der Waals surface area contributed by atoms with Crippen LogP contribution in [0.3, 0.4) is 0 Å². The maximum atomic E-state index is 11.7. The van der Waals surface area contributed by atoms with Crippen molar-refractivity contribution >= 4 is 18.2 Å². The van der Waals surface area contributed by atoms with Gasteiger partial charge in [-0.1, -0.05) is 12.1 Å². The Bertz CT molecular complexity index is 379. The number of rotatable bonds is 1. The van der Waals surface area contributed by atoms with Crippen LogP contribution in [0.4, 0.5) is 0 Å². The zero-order valence-electron chi connectivity index (χ0n) is 8.53. The highest BCUT2D eigenvalue weighted by molar-refractivity contribution is 6.02. The number of hydrogen-bond acceptors (Lipinski definition) is 3. The molecule has 0 fully saturated rings. The molecule has 1 aromatic rings. The number of ketones is 1. The Morgan fingerprint density at radius 3 is 2.87 bits per heavy atom. The van der Waals surface area contributed by atoms with Crippen LogP contribution in [0, 0.1) is 0 Å². The number of hydrogen-bond donors (Lipinski definition) is 1. The summed E-state index contributed by atoms with van der Waals surface area (Å²) in [5.74, 6) is 0.827. The van der Waals surface area contributed by atoms with Crippen molar-refractivity contribution in [1.29, 1.82) is 0 Å². The molecule has 0 aromatic heterocycles. The van der Waals surface area contributed by atoms with Crippen molar-refractivity contribution in [1.82, 2.24) is 0 Å². The first kappa shape index (κ1) is 12.0. The summed E-state index contributed by atoms with van der Waals surface area (Å²) >= 11 is 0. The number of fused-ring (bicyclic) bond motifs is 1. The van der Waals surface area contributed by atoms with Gasteiger partial charge in [0.05, 0.1) is 13.2 Å². The molecule has 1 aliphatic carbocycles. The second-order valence-corrected chi connectivity index (χ2v) is 3.50. The van der Waals surface area contributed by atoms with Crippen molar-refractivity contribution in [2.24, 2.45) is 5.73 Å². The summed E-state index contributed by atoms with van der Waals surface area (Å²) in [4.78, 5) is 11.7. The van der Waals surface area contributed by atoms with E-state index in [4.69, 9.17) is 10.5 Å². The lowest BCUT2D eigenvalue weighted by molar-refractivity contribution is 0.0947. The fourth-order valence-electron chi connectivity index (χ4n) is 1.88. The molecule has 0 bridgehead atoms. The van der Waals surface area contributed by atoms with E-state index in [1.54, 1.807) is 7.11 Å². The minimum Gasteiger partial charge on any atom is -0.496 e. The number of ether oxygens (including phenoxy) is 1. The summed E-state index contributed by atoms with van der Waals surface area (Å²) in [7, 11) is 1.62. The Morgan fingerprint density at radius 1 is 1.47 bits per heavy atom. The minimum atomic E-state index is -0.338. The van der Waals surface area contributed by atoms with Gasteiger partial charge in [-0.25, -0.2) is 0 Å². The zero-order valence-corrected chi connectivity index (χ0v) is 9.34. The van der Waals surface area contributed by atoms with Gasteiger partial charge < -0.3 is 10.5 Å². The Labute approximate surface area is 95.0 Å². The van der Waals surface area contributed by atoms with Gasteiger partial charge in [-0.3, -0.25) is 4.79 Å². The molecular formula is C11H14ClNO2. The van der Waals surface area contributed by atoms with E-state index in [0.29, 0.717) is 6.42 Å². The van der Waals surface area contributed by atoms with Gasteiger partial charge in [0.2, 0.25) is 0 Å². The normalized spacial score (nSPS) is 19.1. The van der Waals surface area contributed by atoms with Crippen molar-refractivity contribution in [3.05, 3.63) is 29.3 Å². The summed E-state index contributed by atoms with van der Waals surface area (Å²) in [6.45, 7) is 0. The average Bonchev–Trinajstić information content (AvgIpc) is 2.23. The van der Waals surface area contributed by atoms with Gasteiger partial charge >= 0.3 is 0 Å². The number of Topliss-reactive ketones (excluding diaryl/α,β-unsaturated/α-hetero) is 1. The highest BCUT2D eigenvalue weighted by Gasteiger charge is 2.26.